The van der Waals surface area contributed by atoms with Crippen LogP contribution < -0.4 is 10.2 Å². The molecule has 3 rings (SSSR count). The number of morpholine rings is 1. The maximum absolute atomic E-state index is 14.3. The van der Waals surface area contributed by atoms with E-state index in [1.165, 1.54) is 6.92 Å². The molecule has 126 valence electrons. The zero-order valence-corrected chi connectivity index (χ0v) is 13.4. The van der Waals surface area contributed by atoms with E-state index in [-0.39, 0.29) is 16.8 Å². The SMILES string of the molecule is Cc1c(F)cc(C=N)c(Nc2ccc(N3CCOCC3)cc2)c1F. The molecule has 1 saturated heterocycles. The lowest BCUT2D eigenvalue weighted by Gasteiger charge is -2.29. The molecule has 2 N–H and O–H groups in total. The zero-order chi connectivity index (χ0) is 17.1. The number of nitrogens with zero attached hydrogens (tertiary/aromatic N) is 1. The molecule has 1 heterocycles. The van der Waals surface area contributed by atoms with Crippen LogP contribution in [-0.4, -0.2) is 32.5 Å². The molecule has 0 aliphatic carbocycles. The maximum Gasteiger partial charge on any atom is 0.153 e. The van der Waals surface area contributed by atoms with Crippen molar-refractivity contribution in [3.63, 3.8) is 0 Å². The van der Waals surface area contributed by atoms with Gasteiger partial charge in [-0.25, -0.2) is 8.78 Å². The third kappa shape index (κ3) is 3.23. The van der Waals surface area contributed by atoms with Gasteiger partial charge >= 0.3 is 0 Å². The highest BCUT2D eigenvalue weighted by atomic mass is 19.1. The summed E-state index contributed by atoms with van der Waals surface area (Å²) in [6, 6.07) is 8.75. The minimum Gasteiger partial charge on any atom is -0.378 e. The predicted molar refractivity (Wildman–Crippen MR) is 91.7 cm³/mol. The van der Waals surface area contributed by atoms with Crippen LogP contribution in [0, 0.1) is 24.0 Å². The Kier molecular flexibility index (Phi) is 4.76. The molecule has 0 saturated carbocycles. The number of ether oxygens (including phenoxy) is 1. The standard InChI is InChI=1S/C18H19F2N3O/c1-12-16(19)10-13(11-21)18(17(12)20)22-14-2-4-15(5-3-14)23-6-8-24-9-7-23/h2-5,10-11,21-22H,6-9H2,1H3. The Hall–Kier alpha value is -2.47. The first kappa shape index (κ1) is 16.4. The van der Waals surface area contributed by atoms with Crippen LogP contribution >= 0.6 is 0 Å². The summed E-state index contributed by atoms with van der Waals surface area (Å²) < 4.78 is 33.3. The highest BCUT2D eigenvalue weighted by molar-refractivity contribution is 5.88. The van der Waals surface area contributed by atoms with Gasteiger partial charge in [-0.1, -0.05) is 0 Å². The number of rotatable bonds is 4. The molecule has 1 fully saturated rings. The fourth-order valence-electron chi connectivity index (χ4n) is 2.70. The highest BCUT2D eigenvalue weighted by Gasteiger charge is 2.15. The fourth-order valence-corrected chi connectivity index (χ4v) is 2.70. The van der Waals surface area contributed by atoms with Gasteiger partial charge < -0.3 is 20.4 Å². The molecule has 1 aliphatic heterocycles. The van der Waals surface area contributed by atoms with Gasteiger partial charge in [0.25, 0.3) is 0 Å². The monoisotopic (exact) mass is 331 g/mol. The number of benzene rings is 2. The zero-order valence-electron chi connectivity index (χ0n) is 13.4. The molecule has 2 aromatic carbocycles. The second kappa shape index (κ2) is 6.97. The van der Waals surface area contributed by atoms with Crippen molar-refractivity contribution in [1.29, 1.82) is 5.41 Å². The summed E-state index contributed by atoms with van der Waals surface area (Å²) >= 11 is 0. The van der Waals surface area contributed by atoms with Crippen LogP contribution in [0.2, 0.25) is 0 Å². The van der Waals surface area contributed by atoms with Gasteiger partial charge in [0.15, 0.2) is 5.82 Å². The molecular weight excluding hydrogens is 312 g/mol. The summed E-state index contributed by atoms with van der Waals surface area (Å²) in [4.78, 5) is 2.22. The predicted octanol–water partition coefficient (Wildman–Crippen LogP) is 3.85. The van der Waals surface area contributed by atoms with Gasteiger partial charge in [-0.05, 0) is 37.3 Å². The van der Waals surface area contributed by atoms with Crippen LogP contribution in [-0.2, 0) is 4.74 Å². The van der Waals surface area contributed by atoms with E-state index < -0.39 is 11.6 Å². The minimum atomic E-state index is -0.675. The van der Waals surface area contributed by atoms with E-state index in [0.29, 0.717) is 18.9 Å². The van der Waals surface area contributed by atoms with Gasteiger partial charge in [0.2, 0.25) is 0 Å². The van der Waals surface area contributed by atoms with Gasteiger partial charge in [-0.2, -0.15) is 0 Å². The second-order valence-corrected chi connectivity index (χ2v) is 5.68. The molecule has 0 amide bonds. The van der Waals surface area contributed by atoms with Crippen LogP contribution in [0.15, 0.2) is 30.3 Å². The van der Waals surface area contributed by atoms with Crippen LogP contribution in [0.25, 0.3) is 0 Å². The Morgan fingerprint density at radius 3 is 2.46 bits per heavy atom. The maximum atomic E-state index is 14.3. The third-order valence-corrected chi connectivity index (χ3v) is 4.15. The van der Waals surface area contributed by atoms with E-state index in [0.717, 1.165) is 31.1 Å². The van der Waals surface area contributed by atoms with E-state index in [9.17, 15) is 8.78 Å². The van der Waals surface area contributed by atoms with Gasteiger partial charge in [0.1, 0.15) is 5.82 Å². The molecule has 2 aromatic rings. The lowest BCUT2D eigenvalue weighted by molar-refractivity contribution is 0.122. The average molecular weight is 331 g/mol. The van der Waals surface area contributed by atoms with E-state index >= 15 is 0 Å². The first-order chi connectivity index (χ1) is 11.6. The van der Waals surface area contributed by atoms with E-state index in [1.54, 1.807) is 0 Å². The number of hydrogen-bond acceptors (Lipinski definition) is 4. The van der Waals surface area contributed by atoms with Crippen LogP contribution in [0.5, 0.6) is 0 Å². The summed E-state index contributed by atoms with van der Waals surface area (Å²) in [5.41, 5.74) is 1.98. The van der Waals surface area contributed by atoms with E-state index in [2.05, 4.69) is 10.2 Å². The molecule has 4 nitrogen and oxygen atoms in total. The highest BCUT2D eigenvalue weighted by Crippen LogP contribution is 2.28. The van der Waals surface area contributed by atoms with Gasteiger partial charge in [0, 0.05) is 41.8 Å². The molecule has 0 unspecified atom stereocenters. The van der Waals surface area contributed by atoms with Crippen molar-refractivity contribution < 1.29 is 13.5 Å². The first-order valence-electron chi connectivity index (χ1n) is 7.79. The van der Waals surface area contributed by atoms with Gasteiger partial charge in [-0.3, -0.25) is 0 Å². The summed E-state index contributed by atoms with van der Waals surface area (Å²) in [6.45, 7) is 4.49. The van der Waals surface area contributed by atoms with Crippen molar-refractivity contribution in [2.24, 2.45) is 0 Å². The second-order valence-electron chi connectivity index (χ2n) is 5.68. The molecule has 0 spiro atoms. The molecule has 1 aliphatic rings. The first-order valence-corrected chi connectivity index (χ1v) is 7.79. The molecule has 0 atom stereocenters. The van der Waals surface area contributed by atoms with Crippen LogP contribution in [0.3, 0.4) is 0 Å². The number of anilines is 3. The van der Waals surface area contributed by atoms with Crippen molar-refractivity contribution >= 4 is 23.3 Å². The molecule has 0 radical (unpaired) electrons. The number of halogens is 2. The summed E-state index contributed by atoms with van der Waals surface area (Å²) in [7, 11) is 0. The van der Waals surface area contributed by atoms with Gasteiger partial charge in [0.05, 0.1) is 18.9 Å². The normalized spacial score (nSPS) is 14.5. The Balaban J connectivity index is 1.84. The third-order valence-electron chi connectivity index (χ3n) is 4.15. The fraction of sp³-hybridized carbons (Fsp3) is 0.278. The summed E-state index contributed by atoms with van der Waals surface area (Å²) in [5.74, 6) is -1.33. The Morgan fingerprint density at radius 2 is 1.83 bits per heavy atom. The van der Waals surface area contributed by atoms with Crippen molar-refractivity contribution in [3.8, 4) is 0 Å². The lowest BCUT2D eigenvalue weighted by atomic mass is 10.1. The van der Waals surface area contributed by atoms with E-state index in [4.69, 9.17) is 10.1 Å². The van der Waals surface area contributed by atoms with Crippen molar-refractivity contribution in [2.75, 3.05) is 36.5 Å². The van der Waals surface area contributed by atoms with E-state index in [1.807, 2.05) is 24.3 Å². The van der Waals surface area contributed by atoms with Crippen molar-refractivity contribution in [3.05, 3.63) is 53.1 Å². The number of hydrogen-bond donors (Lipinski definition) is 2. The van der Waals surface area contributed by atoms with Gasteiger partial charge in [-0.15, -0.1) is 0 Å². The Labute approximate surface area is 139 Å². The van der Waals surface area contributed by atoms with Crippen molar-refractivity contribution in [2.45, 2.75) is 6.92 Å². The van der Waals surface area contributed by atoms with Crippen molar-refractivity contribution in [1.82, 2.24) is 0 Å². The Bertz CT molecular complexity index is 741. The molecule has 0 aromatic heterocycles. The molecule has 24 heavy (non-hydrogen) atoms. The van der Waals surface area contributed by atoms with Crippen LogP contribution in [0.1, 0.15) is 11.1 Å². The lowest BCUT2D eigenvalue weighted by Crippen LogP contribution is -2.36. The molecule has 0 bridgehead atoms. The molecule has 6 heteroatoms. The quantitative estimate of drug-likeness (QED) is 0.837. The minimum absolute atomic E-state index is 0.0620. The topological polar surface area (TPSA) is 48.4 Å². The smallest absolute Gasteiger partial charge is 0.153 e. The summed E-state index contributed by atoms with van der Waals surface area (Å²) in [6.07, 6.45) is 0.941. The summed E-state index contributed by atoms with van der Waals surface area (Å²) in [5, 5.41) is 10.3. The van der Waals surface area contributed by atoms with Crippen LogP contribution in [0.4, 0.5) is 25.8 Å². The average Bonchev–Trinajstić information content (AvgIpc) is 2.63. The Morgan fingerprint density at radius 1 is 1.17 bits per heavy atom. The molecular formula is C18H19F2N3O. The largest absolute Gasteiger partial charge is 0.378 e. The number of nitrogens with one attached hydrogen (secondary N) is 2.